The molecule has 0 fully saturated rings. The maximum atomic E-state index is 5.83. The van der Waals surface area contributed by atoms with Crippen molar-refractivity contribution in [3.05, 3.63) is 58.1 Å². The van der Waals surface area contributed by atoms with Crippen LogP contribution in [-0.4, -0.2) is 0 Å². The van der Waals surface area contributed by atoms with E-state index in [4.69, 9.17) is 10.5 Å². The van der Waals surface area contributed by atoms with Gasteiger partial charge in [-0.05, 0) is 46.1 Å². The van der Waals surface area contributed by atoms with E-state index in [0.717, 1.165) is 27.9 Å². The van der Waals surface area contributed by atoms with Gasteiger partial charge in [-0.15, -0.1) is 0 Å². The molecular weight excluding hydrogens is 290 g/mol. The zero-order valence-electron chi connectivity index (χ0n) is 10.3. The molecule has 2 N–H and O–H groups in total. The Balaban J connectivity index is 2.04. The second-order valence-corrected chi connectivity index (χ2v) is 4.90. The molecule has 0 saturated carbocycles. The van der Waals surface area contributed by atoms with Crippen LogP contribution in [0.3, 0.4) is 0 Å². The Morgan fingerprint density at radius 1 is 1.11 bits per heavy atom. The summed E-state index contributed by atoms with van der Waals surface area (Å²) in [5, 5.41) is 0. The van der Waals surface area contributed by atoms with E-state index in [1.165, 1.54) is 5.56 Å². The third kappa shape index (κ3) is 3.05. The number of nitrogen functional groups attached to an aromatic ring is 1. The monoisotopic (exact) mass is 305 g/mol. The highest BCUT2D eigenvalue weighted by Crippen LogP contribution is 2.25. The van der Waals surface area contributed by atoms with Crippen LogP contribution in [0.25, 0.3) is 0 Å². The SMILES string of the molecule is CCc1ccc(OCc2cccc(N)c2Br)cc1. The Kier molecular flexibility index (Phi) is 4.26. The van der Waals surface area contributed by atoms with Crippen molar-refractivity contribution in [2.75, 3.05) is 5.73 Å². The quantitative estimate of drug-likeness (QED) is 0.860. The van der Waals surface area contributed by atoms with Crippen molar-refractivity contribution in [3.8, 4) is 5.75 Å². The molecule has 0 unspecified atom stereocenters. The minimum Gasteiger partial charge on any atom is -0.489 e. The second-order valence-electron chi connectivity index (χ2n) is 4.11. The van der Waals surface area contributed by atoms with E-state index in [1.807, 2.05) is 30.3 Å². The van der Waals surface area contributed by atoms with Crippen LogP contribution in [-0.2, 0) is 13.0 Å². The number of aryl methyl sites for hydroxylation is 1. The highest BCUT2D eigenvalue weighted by molar-refractivity contribution is 9.10. The number of rotatable bonds is 4. The average molecular weight is 306 g/mol. The summed E-state index contributed by atoms with van der Waals surface area (Å²) in [7, 11) is 0. The van der Waals surface area contributed by atoms with Crippen LogP contribution in [0, 0.1) is 0 Å². The van der Waals surface area contributed by atoms with Gasteiger partial charge in [-0.3, -0.25) is 0 Å². The van der Waals surface area contributed by atoms with Gasteiger partial charge in [0, 0.05) is 15.7 Å². The van der Waals surface area contributed by atoms with Crippen molar-refractivity contribution in [2.24, 2.45) is 0 Å². The molecule has 2 aromatic rings. The van der Waals surface area contributed by atoms with E-state index in [9.17, 15) is 0 Å². The van der Waals surface area contributed by atoms with Crippen LogP contribution in [0.5, 0.6) is 5.75 Å². The number of halogens is 1. The number of anilines is 1. The predicted octanol–water partition coefficient (Wildman–Crippen LogP) is 4.17. The third-order valence-corrected chi connectivity index (χ3v) is 3.80. The number of nitrogens with two attached hydrogens (primary N) is 1. The Labute approximate surface area is 116 Å². The predicted molar refractivity (Wildman–Crippen MR) is 78.7 cm³/mol. The van der Waals surface area contributed by atoms with Gasteiger partial charge in [-0.1, -0.05) is 31.2 Å². The molecule has 0 aliphatic carbocycles. The first-order valence-corrected chi connectivity index (χ1v) is 6.74. The molecule has 0 aliphatic rings. The molecule has 94 valence electrons. The van der Waals surface area contributed by atoms with E-state index >= 15 is 0 Å². The zero-order valence-corrected chi connectivity index (χ0v) is 11.9. The van der Waals surface area contributed by atoms with Gasteiger partial charge in [0.25, 0.3) is 0 Å². The number of benzene rings is 2. The molecule has 0 bridgehead atoms. The first kappa shape index (κ1) is 13.0. The maximum Gasteiger partial charge on any atom is 0.119 e. The van der Waals surface area contributed by atoms with Crippen molar-refractivity contribution in [2.45, 2.75) is 20.0 Å². The van der Waals surface area contributed by atoms with Crippen LogP contribution >= 0.6 is 15.9 Å². The molecule has 0 amide bonds. The van der Waals surface area contributed by atoms with Gasteiger partial charge >= 0.3 is 0 Å². The van der Waals surface area contributed by atoms with Crippen molar-refractivity contribution in [1.82, 2.24) is 0 Å². The minimum absolute atomic E-state index is 0.511. The highest BCUT2D eigenvalue weighted by Gasteiger charge is 2.03. The summed E-state index contributed by atoms with van der Waals surface area (Å²) in [4.78, 5) is 0. The summed E-state index contributed by atoms with van der Waals surface area (Å²) >= 11 is 3.47. The van der Waals surface area contributed by atoms with Crippen LogP contribution in [0.4, 0.5) is 5.69 Å². The fraction of sp³-hybridized carbons (Fsp3) is 0.200. The van der Waals surface area contributed by atoms with E-state index in [-0.39, 0.29) is 0 Å². The lowest BCUT2D eigenvalue weighted by Gasteiger charge is -2.09. The Morgan fingerprint density at radius 3 is 2.50 bits per heavy atom. The van der Waals surface area contributed by atoms with Crippen molar-refractivity contribution < 1.29 is 4.74 Å². The lowest BCUT2D eigenvalue weighted by molar-refractivity contribution is 0.305. The standard InChI is InChI=1S/C15H16BrNO/c1-2-11-6-8-13(9-7-11)18-10-12-4-3-5-14(17)15(12)16/h3-9H,2,10,17H2,1H3. The molecule has 0 atom stereocenters. The molecule has 0 heterocycles. The molecule has 0 aliphatic heterocycles. The molecule has 3 heteroatoms. The number of hydrogen-bond acceptors (Lipinski definition) is 2. The number of hydrogen-bond donors (Lipinski definition) is 1. The van der Waals surface area contributed by atoms with Crippen molar-refractivity contribution >= 4 is 21.6 Å². The van der Waals surface area contributed by atoms with E-state index in [2.05, 4.69) is 35.0 Å². The van der Waals surface area contributed by atoms with Crippen molar-refractivity contribution in [1.29, 1.82) is 0 Å². The molecule has 0 radical (unpaired) electrons. The van der Waals surface area contributed by atoms with Gasteiger partial charge in [0.05, 0.1) is 0 Å². The Bertz CT molecular complexity index is 523. The van der Waals surface area contributed by atoms with Gasteiger partial charge in [0.2, 0.25) is 0 Å². The molecule has 2 aromatic carbocycles. The minimum atomic E-state index is 0.511. The largest absolute Gasteiger partial charge is 0.489 e. The summed E-state index contributed by atoms with van der Waals surface area (Å²) in [6.07, 6.45) is 1.04. The van der Waals surface area contributed by atoms with Gasteiger partial charge in [0.15, 0.2) is 0 Å². The topological polar surface area (TPSA) is 35.2 Å². The normalized spacial score (nSPS) is 10.3. The van der Waals surface area contributed by atoms with E-state index in [0.29, 0.717) is 6.61 Å². The number of ether oxygens (including phenoxy) is 1. The van der Waals surface area contributed by atoms with E-state index in [1.54, 1.807) is 0 Å². The summed E-state index contributed by atoms with van der Waals surface area (Å²) < 4.78 is 6.65. The maximum absolute atomic E-state index is 5.83. The van der Waals surface area contributed by atoms with Crippen LogP contribution in [0.15, 0.2) is 46.9 Å². The summed E-state index contributed by atoms with van der Waals surface area (Å²) in [5.41, 5.74) is 8.92. The van der Waals surface area contributed by atoms with E-state index < -0.39 is 0 Å². The lowest BCUT2D eigenvalue weighted by Crippen LogP contribution is -1.98. The summed E-state index contributed by atoms with van der Waals surface area (Å²) in [5.74, 6) is 0.876. The van der Waals surface area contributed by atoms with Crippen LogP contribution < -0.4 is 10.5 Å². The fourth-order valence-electron chi connectivity index (χ4n) is 1.69. The zero-order chi connectivity index (χ0) is 13.0. The fourth-order valence-corrected chi connectivity index (χ4v) is 2.07. The highest BCUT2D eigenvalue weighted by atomic mass is 79.9. The average Bonchev–Trinajstić information content (AvgIpc) is 2.41. The molecule has 18 heavy (non-hydrogen) atoms. The Hall–Kier alpha value is -1.48. The molecule has 0 spiro atoms. The molecule has 2 rings (SSSR count). The lowest BCUT2D eigenvalue weighted by atomic mass is 10.2. The molecule has 0 saturated heterocycles. The van der Waals surface area contributed by atoms with Gasteiger partial charge in [-0.2, -0.15) is 0 Å². The summed E-state index contributed by atoms with van der Waals surface area (Å²) in [6.45, 7) is 2.65. The van der Waals surface area contributed by atoms with Gasteiger partial charge in [-0.25, -0.2) is 0 Å². The van der Waals surface area contributed by atoms with Crippen molar-refractivity contribution in [3.63, 3.8) is 0 Å². The second kappa shape index (κ2) is 5.91. The van der Waals surface area contributed by atoms with Crippen LogP contribution in [0.1, 0.15) is 18.1 Å². The smallest absolute Gasteiger partial charge is 0.119 e. The first-order valence-electron chi connectivity index (χ1n) is 5.95. The first-order chi connectivity index (χ1) is 8.70. The summed E-state index contributed by atoms with van der Waals surface area (Å²) in [6, 6.07) is 14.0. The molecule has 0 aromatic heterocycles. The van der Waals surface area contributed by atoms with Crippen LogP contribution in [0.2, 0.25) is 0 Å². The Morgan fingerprint density at radius 2 is 1.83 bits per heavy atom. The van der Waals surface area contributed by atoms with Gasteiger partial charge in [0.1, 0.15) is 12.4 Å². The van der Waals surface area contributed by atoms with Gasteiger partial charge < -0.3 is 10.5 Å². The molecular formula is C15H16BrNO. The molecule has 2 nitrogen and oxygen atoms in total. The third-order valence-electron chi connectivity index (χ3n) is 2.83.